The highest BCUT2D eigenvalue weighted by molar-refractivity contribution is 5.83. The van der Waals surface area contributed by atoms with Gasteiger partial charge in [0, 0.05) is 19.2 Å². The predicted octanol–water partition coefficient (Wildman–Crippen LogP) is 1.52. The van der Waals surface area contributed by atoms with Gasteiger partial charge in [0.15, 0.2) is 0 Å². The molecule has 0 aliphatic rings. The molecular formula is C14H20N2O3. The van der Waals surface area contributed by atoms with Gasteiger partial charge in [-0.1, -0.05) is 25.1 Å². The maximum absolute atomic E-state index is 12.0. The topological polar surface area (TPSA) is 83.6 Å². The van der Waals surface area contributed by atoms with Crippen LogP contribution >= 0.6 is 0 Å². The number of amides is 1. The zero-order valence-corrected chi connectivity index (χ0v) is 11.3. The second-order valence-corrected chi connectivity index (χ2v) is 4.47. The molecular weight excluding hydrogens is 244 g/mol. The first-order valence-corrected chi connectivity index (χ1v) is 6.29. The molecule has 3 N–H and O–H groups in total. The first kappa shape index (κ1) is 15.0. The van der Waals surface area contributed by atoms with Crippen LogP contribution in [-0.2, 0) is 16.0 Å². The average molecular weight is 264 g/mol. The zero-order chi connectivity index (χ0) is 14.4. The molecule has 0 aliphatic heterocycles. The summed E-state index contributed by atoms with van der Waals surface area (Å²) in [5.74, 6) is -1.16. The van der Waals surface area contributed by atoms with Gasteiger partial charge in [0.1, 0.15) is 6.04 Å². The molecule has 1 amide bonds. The van der Waals surface area contributed by atoms with Gasteiger partial charge in [0.05, 0.1) is 0 Å². The number of carboxylic acid groups (broad SMARTS) is 1. The lowest BCUT2D eigenvalue weighted by Crippen LogP contribution is -2.42. The molecule has 1 unspecified atom stereocenters. The minimum atomic E-state index is -0.974. The fraction of sp³-hybridized carbons (Fsp3) is 0.429. The number of likely N-dealkylation sites (N-methyl/N-ethyl adjacent to an activating group) is 1. The Hall–Kier alpha value is -2.04. The number of carboxylic acids is 1. The van der Waals surface area contributed by atoms with Gasteiger partial charge in [-0.25, -0.2) is 4.79 Å². The van der Waals surface area contributed by atoms with Crippen LogP contribution in [0.25, 0.3) is 0 Å². The van der Waals surface area contributed by atoms with Crippen molar-refractivity contribution in [2.75, 3.05) is 12.8 Å². The van der Waals surface area contributed by atoms with Crippen LogP contribution in [0.2, 0.25) is 0 Å². The summed E-state index contributed by atoms with van der Waals surface area (Å²) in [6.07, 6.45) is 1.17. The number of rotatable bonds is 6. The van der Waals surface area contributed by atoms with E-state index in [0.717, 1.165) is 5.56 Å². The lowest BCUT2D eigenvalue weighted by molar-refractivity contribution is -0.149. The van der Waals surface area contributed by atoms with E-state index >= 15 is 0 Å². The van der Waals surface area contributed by atoms with Gasteiger partial charge in [0.2, 0.25) is 5.91 Å². The zero-order valence-electron chi connectivity index (χ0n) is 11.3. The molecule has 0 saturated carbocycles. The molecule has 1 aromatic rings. The van der Waals surface area contributed by atoms with E-state index in [2.05, 4.69) is 0 Å². The lowest BCUT2D eigenvalue weighted by Gasteiger charge is -2.23. The predicted molar refractivity (Wildman–Crippen MR) is 73.7 cm³/mol. The fourth-order valence-corrected chi connectivity index (χ4v) is 1.97. The van der Waals surface area contributed by atoms with Gasteiger partial charge in [-0.15, -0.1) is 0 Å². The van der Waals surface area contributed by atoms with E-state index in [0.29, 0.717) is 18.5 Å². The van der Waals surface area contributed by atoms with E-state index in [-0.39, 0.29) is 12.3 Å². The van der Waals surface area contributed by atoms with Crippen molar-refractivity contribution in [2.45, 2.75) is 32.2 Å². The van der Waals surface area contributed by atoms with Crippen molar-refractivity contribution in [3.63, 3.8) is 0 Å². The molecule has 0 spiro atoms. The highest BCUT2D eigenvalue weighted by atomic mass is 16.4. The first-order chi connectivity index (χ1) is 8.97. The molecule has 1 rings (SSSR count). The second kappa shape index (κ2) is 6.78. The third kappa shape index (κ3) is 3.98. The standard InChI is InChI=1S/C14H20N2O3/c1-3-12(14(18)19)16(2)13(17)9-8-10-6-4-5-7-11(10)15/h4-7,12H,3,8-9,15H2,1-2H3,(H,18,19). The van der Waals surface area contributed by atoms with E-state index in [4.69, 9.17) is 10.8 Å². The van der Waals surface area contributed by atoms with Crippen molar-refractivity contribution < 1.29 is 14.7 Å². The Kier molecular flexibility index (Phi) is 5.36. The number of aliphatic carboxylic acids is 1. The Morgan fingerprint density at radius 3 is 2.53 bits per heavy atom. The fourth-order valence-electron chi connectivity index (χ4n) is 1.97. The van der Waals surface area contributed by atoms with E-state index in [9.17, 15) is 9.59 Å². The van der Waals surface area contributed by atoms with E-state index in [1.54, 1.807) is 13.0 Å². The van der Waals surface area contributed by atoms with Crippen LogP contribution in [-0.4, -0.2) is 35.0 Å². The number of carbonyl (C=O) groups excluding carboxylic acids is 1. The molecule has 5 heteroatoms. The highest BCUT2D eigenvalue weighted by Crippen LogP contribution is 2.14. The summed E-state index contributed by atoms with van der Waals surface area (Å²) in [6.45, 7) is 1.75. The smallest absolute Gasteiger partial charge is 0.326 e. The summed E-state index contributed by atoms with van der Waals surface area (Å²) in [7, 11) is 1.53. The second-order valence-electron chi connectivity index (χ2n) is 4.47. The Balaban J connectivity index is 2.60. The number of hydrogen-bond donors (Lipinski definition) is 2. The molecule has 0 radical (unpaired) electrons. The van der Waals surface area contributed by atoms with E-state index in [1.165, 1.54) is 11.9 Å². The van der Waals surface area contributed by atoms with Gasteiger partial charge >= 0.3 is 5.97 Å². The Morgan fingerprint density at radius 1 is 1.37 bits per heavy atom. The average Bonchev–Trinajstić information content (AvgIpc) is 2.37. The van der Waals surface area contributed by atoms with Crippen molar-refractivity contribution in [3.8, 4) is 0 Å². The van der Waals surface area contributed by atoms with Crippen LogP contribution in [0, 0.1) is 0 Å². The monoisotopic (exact) mass is 264 g/mol. The number of benzene rings is 1. The van der Waals surface area contributed by atoms with Crippen molar-refractivity contribution in [1.29, 1.82) is 0 Å². The minimum absolute atomic E-state index is 0.183. The molecule has 0 fully saturated rings. The number of aryl methyl sites for hydroxylation is 1. The van der Waals surface area contributed by atoms with Gasteiger partial charge in [0.25, 0.3) is 0 Å². The Morgan fingerprint density at radius 2 is 2.00 bits per heavy atom. The quantitative estimate of drug-likeness (QED) is 0.763. The van der Waals surface area contributed by atoms with E-state index < -0.39 is 12.0 Å². The molecule has 0 aromatic heterocycles. The SMILES string of the molecule is CCC(C(=O)O)N(C)C(=O)CCc1ccccc1N. The van der Waals surface area contributed by atoms with Crippen LogP contribution in [0.5, 0.6) is 0 Å². The van der Waals surface area contributed by atoms with Crippen molar-refractivity contribution in [3.05, 3.63) is 29.8 Å². The molecule has 0 saturated heterocycles. The number of nitrogens with two attached hydrogens (primary N) is 1. The third-order valence-corrected chi connectivity index (χ3v) is 3.20. The number of hydrogen-bond acceptors (Lipinski definition) is 3. The number of para-hydroxylation sites is 1. The molecule has 5 nitrogen and oxygen atoms in total. The molecule has 1 atom stereocenters. The lowest BCUT2D eigenvalue weighted by atomic mass is 10.1. The van der Waals surface area contributed by atoms with Gasteiger partial charge < -0.3 is 15.7 Å². The molecule has 0 heterocycles. The number of nitrogens with zero attached hydrogens (tertiary/aromatic N) is 1. The first-order valence-electron chi connectivity index (χ1n) is 6.29. The van der Waals surface area contributed by atoms with Crippen LogP contribution in [0.15, 0.2) is 24.3 Å². The van der Waals surface area contributed by atoms with Crippen LogP contribution in [0.4, 0.5) is 5.69 Å². The normalized spacial score (nSPS) is 11.9. The summed E-state index contributed by atoms with van der Waals surface area (Å²) in [4.78, 5) is 24.2. The van der Waals surface area contributed by atoms with Gasteiger partial charge in [-0.3, -0.25) is 4.79 Å². The molecule has 0 aliphatic carbocycles. The van der Waals surface area contributed by atoms with Crippen LogP contribution in [0.3, 0.4) is 0 Å². The number of anilines is 1. The summed E-state index contributed by atoms with van der Waals surface area (Å²) in [5.41, 5.74) is 7.36. The largest absolute Gasteiger partial charge is 0.480 e. The van der Waals surface area contributed by atoms with Gasteiger partial charge in [-0.2, -0.15) is 0 Å². The third-order valence-electron chi connectivity index (χ3n) is 3.20. The van der Waals surface area contributed by atoms with Crippen LogP contribution in [0.1, 0.15) is 25.3 Å². The van der Waals surface area contributed by atoms with Gasteiger partial charge in [-0.05, 0) is 24.5 Å². The molecule has 0 bridgehead atoms. The molecule has 104 valence electrons. The maximum atomic E-state index is 12.0. The van der Waals surface area contributed by atoms with Crippen molar-refractivity contribution in [2.24, 2.45) is 0 Å². The maximum Gasteiger partial charge on any atom is 0.326 e. The molecule has 1 aromatic carbocycles. The molecule has 19 heavy (non-hydrogen) atoms. The summed E-state index contributed by atoms with van der Waals surface area (Å²) in [5, 5.41) is 9.01. The van der Waals surface area contributed by atoms with Crippen LogP contribution < -0.4 is 5.73 Å². The van der Waals surface area contributed by atoms with E-state index in [1.807, 2.05) is 18.2 Å². The minimum Gasteiger partial charge on any atom is -0.480 e. The Labute approximate surface area is 113 Å². The summed E-state index contributed by atoms with van der Waals surface area (Å²) >= 11 is 0. The van der Waals surface area contributed by atoms with Crippen molar-refractivity contribution >= 4 is 17.6 Å². The Bertz CT molecular complexity index is 460. The summed E-state index contributed by atoms with van der Waals surface area (Å²) < 4.78 is 0. The number of nitrogen functional groups attached to an aromatic ring is 1. The van der Waals surface area contributed by atoms with Crippen molar-refractivity contribution in [1.82, 2.24) is 4.90 Å². The summed E-state index contributed by atoms with van der Waals surface area (Å²) in [6, 6.07) is 6.60. The highest BCUT2D eigenvalue weighted by Gasteiger charge is 2.24. The number of carbonyl (C=O) groups is 2.